The standard InChI is InChI=1S/C13H12N4S/c1-9-2-4-14-6-10(9)7-15-12-11-3-5-18-13(11)17-8-16-12/h2-6,8H,7H2,1H3,(H,15,16,17). The van der Waals surface area contributed by atoms with Gasteiger partial charge in [0.25, 0.3) is 0 Å². The summed E-state index contributed by atoms with van der Waals surface area (Å²) in [6.45, 7) is 2.81. The molecule has 0 amide bonds. The van der Waals surface area contributed by atoms with Crippen LogP contribution >= 0.6 is 11.3 Å². The van der Waals surface area contributed by atoms with Crippen LogP contribution in [0.25, 0.3) is 10.2 Å². The Kier molecular flexibility index (Phi) is 2.90. The Labute approximate surface area is 109 Å². The van der Waals surface area contributed by atoms with Gasteiger partial charge in [0.15, 0.2) is 0 Å². The van der Waals surface area contributed by atoms with Crippen LogP contribution in [-0.2, 0) is 6.54 Å². The number of hydrogen-bond acceptors (Lipinski definition) is 5. The molecule has 0 fully saturated rings. The molecule has 5 heteroatoms. The Morgan fingerprint density at radius 1 is 1.28 bits per heavy atom. The molecule has 1 N–H and O–H groups in total. The third-order valence-electron chi connectivity index (χ3n) is 2.86. The molecule has 3 rings (SSSR count). The lowest BCUT2D eigenvalue weighted by molar-refractivity contribution is 1.06. The molecule has 18 heavy (non-hydrogen) atoms. The molecule has 0 aromatic carbocycles. The minimum atomic E-state index is 0.724. The molecule has 0 saturated carbocycles. The number of anilines is 1. The van der Waals surface area contributed by atoms with Gasteiger partial charge in [0.2, 0.25) is 0 Å². The number of nitrogens with zero attached hydrogens (tertiary/aromatic N) is 3. The molecular formula is C13H12N4S. The van der Waals surface area contributed by atoms with Gasteiger partial charge in [-0.15, -0.1) is 11.3 Å². The lowest BCUT2D eigenvalue weighted by Crippen LogP contribution is -2.03. The Hall–Kier alpha value is -2.01. The molecule has 3 aromatic heterocycles. The molecular weight excluding hydrogens is 244 g/mol. The summed E-state index contributed by atoms with van der Waals surface area (Å²) in [4.78, 5) is 13.7. The van der Waals surface area contributed by atoms with Crippen molar-refractivity contribution >= 4 is 27.4 Å². The van der Waals surface area contributed by atoms with Gasteiger partial charge in [0.1, 0.15) is 17.0 Å². The number of fused-ring (bicyclic) bond motifs is 1. The highest BCUT2D eigenvalue weighted by Gasteiger charge is 2.04. The highest BCUT2D eigenvalue weighted by atomic mass is 32.1. The number of pyridine rings is 1. The van der Waals surface area contributed by atoms with E-state index >= 15 is 0 Å². The van der Waals surface area contributed by atoms with Crippen molar-refractivity contribution in [2.24, 2.45) is 0 Å². The van der Waals surface area contributed by atoms with E-state index in [4.69, 9.17) is 0 Å². The van der Waals surface area contributed by atoms with E-state index in [1.54, 1.807) is 23.9 Å². The molecule has 0 atom stereocenters. The zero-order chi connectivity index (χ0) is 12.4. The van der Waals surface area contributed by atoms with Crippen LogP contribution in [-0.4, -0.2) is 15.0 Å². The summed E-state index contributed by atoms with van der Waals surface area (Å²) in [5, 5.41) is 6.45. The predicted molar refractivity (Wildman–Crippen MR) is 73.7 cm³/mol. The van der Waals surface area contributed by atoms with Crippen LogP contribution < -0.4 is 5.32 Å². The van der Waals surface area contributed by atoms with Gasteiger partial charge in [0, 0.05) is 18.9 Å². The average Bonchev–Trinajstić information content (AvgIpc) is 2.86. The fraction of sp³-hybridized carbons (Fsp3) is 0.154. The van der Waals surface area contributed by atoms with Crippen molar-refractivity contribution in [3.63, 3.8) is 0 Å². The van der Waals surface area contributed by atoms with Crippen molar-refractivity contribution in [1.29, 1.82) is 0 Å². The van der Waals surface area contributed by atoms with E-state index in [2.05, 4.69) is 27.2 Å². The van der Waals surface area contributed by atoms with Crippen molar-refractivity contribution in [1.82, 2.24) is 15.0 Å². The van der Waals surface area contributed by atoms with Crippen molar-refractivity contribution in [3.8, 4) is 0 Å². The molecule has 0 bridgehead atoms. The third-order valence-corrected chi connectivity index (χ3v) is 3.68. The first kappa shape index (κ1) is 11.1. The zero-order valence-corrected chi connectivity index (χ0v) is 10.7. The summed E-state index contributed by atoms with van der Waals surface area (Å²) in [6, 6.07) is 4.05. The van der Waals surface area contributed by atoms with E-state index in [0.29, 0.717) is 0 Å². The maximum Gasteiger partial charge on any atom is 0.138 e. The second-order valence-electron chi connectivity index (χ2n) is 4.02. The van der Waals surface area contributed by atoms with Crippen molar-refractivity contribution < 1.29 is 0 Å². The topological polar surface area (TPSA) is 50.7 Å². The smallest absolute Gasteiger partial charge is 0.138 e. The average molecular weight is 256 g/mol. The summed E-state index contributed by atoms with van der Waals surface area (Å²) in [6.07, 6.45) is 5.28. The largest absolute Gasteiger partial charge is 0.365 e. The minimum Gasteiger partial charge on any atom is -0.365 e. The number of nitrogens with one attached hydrogen (secondary N) is 1. The Morgan fingerprint density at radius 2 is 2.22 bits per heavy atom. The van der Waals surface area contributed by atoms with Gasteiger partial charge in [0.05, 0.1) is 5.39 Å². The number of rotatable bonds is 3. The predicted octanol–water partition coefficient (Wildman–Crippen LogP) is 3.01. The first-order valence-electron chi connectivity index (χ1n) is 5.66. The van der Waals surface area contributed by atoms with E-state index in [-0.39, 0.29) is 0 Å². The van der Waals surface area contributed by atoms with Crippen molar-refractivity contribution in [3.05, 3.63) is 47.4 Å². The summed E-state index contributed by atoms with van der Waals surface area (Å²) in [7, 11) is 0. The Bertz CT molecular complexity index is 677. The minimum absolute atomic E-state index is 0.724. The normalized spacial score (nSPS) is 10.7. The molecule has 0 radical (unpaired) electrons. The van der Waals surface area contributed by atoms with E-state index in [1.165, 1.54) is 11.1 Å². The van der Waals surface area contributed by atoms with Crippen LogP contribution in [0, 0.1) is 6.92 Å². The van der Waals surface area contributed by atoms with Crippen LogP contribution in [0.1, 0.15) is 11.1 Å². The van der Waals surface area contributed by atoms with Crippen LogP contribution in [0.15, 0.2) is 36.2 Å². The first-order valence-corrected chi connectivity index (χ1v) is 6.54. The second-order valence-corrected chi connectivity index (χ2v) is 4.91. The van der Waals surface area contributed by atoms with E-state index in [9.17, 15) is 0 Å². The van der Waals surface area contributed by atoms with Gasteiger partial charge in [-0.3, -0.25) is 4.98 Å². The molecule has 3 aromatic rings. The number of hydrogen-bond donors (Lipinski definition) is 1. The van der Waals surface area contributed by atoms with Crippen LogP contribution in [0.2, 0.25) is 0 Å². The van der Waals surface area contributed by atoms with E-state index in [1.807, 2.05) is 23.7 Å². The number of aryl methyl sites for hydroxylation is 1. The molecule has 0 unspecified atom stereocenters. The summed E-state index contributed by atoms with van der Waals surface area (Å²) < 4.78 is 0. The van der Waals surface area contributed by atoms with Gasteiger partial charge in [-0.1, -0.05) is 0 Å². The molecule has 3 heterocycles. The summed E-state index contributed by atoms with van der Waals surface area (Å²) in [5.41, 5.74) is 2.41. The van der Waals surface area contributed by atoms with Crippen molar-refractivity contribution in [2.75, 3.05) is 5.32 Å². The first-order chi connectivity index (χ1) is 8.84. The fourth-order valence-electron chi connectivity index (χ4n) is 1.79. The maximum atomic E-state index is 4.29. The zero-order valence-electron chi connectivity index (χ0n) is 9.92. The highest BCUT2D eigenvalue weighted by Crippen LogP contribution is 2.24. The van der Waals surface area contributed by atoms with Crippen LogP contribution in [0.5, 0.6) is 0 Å². The van der Waals surface area contributed by atoms with Gasteiger partial charge in [-0.05, 0) is 35.6 Å². The summed E-state index contributed by atoms with van der Waals surface area (Å²) >= 11 is 1.62. The molecule has 0 saturated heterocycles. The van der Waals surface area contributed by atoms with Crippen LogP contribution in [0.3, 0.4) is 0 Å². The molecule has 0 aliphatic rings. The third kappa shape index (κ3) is 2.04. The maximum absolute atomic E-state index is 4.29. The number of aromatic nitrogens is 3. The molecule has 90 valence electrons. The SMILES string of the molecule is Cc1ccncc1CNc1ncnc2sccc12. The summed E-state index contributed by atoms with van der Waals surface area (Å²) in [5.74, 6) is 0.879. The molecule has 0 aliphatic carbocycles. The molecule has 4 nitrogen and oxygen atoms in total. The second kappa shape index (κ2) is 4.70. The molecule has 0 aliphatic heterocycles. The van der Waals surface area contributed by atoms with Gasteiger partial charge in [-0.25, -0.2) is 9.97 Å². The molecule has 0 spiro atoms. The lowest BCUT2D eigenvalue weighted by atomic mass is 10.1. The Balaban J connectivity index is 1.85. The fourth-order valence-corrected chi connectivity index (χ4v) is 2.52. The lowest BCUT2D eigenvalue weighted by Gasteiger charge is -2.08. The number of thiophene rings is 1. The quantitative estimate of drug-likeness (QED) is 0.782. The van der Waals surface area contributed by atoms with Gasteiger partial charge < -0.3 is 5.32 Å². The highest BCUT2D eigenvalue weighted by molar-refractivity contribution is 7.16. The van der Waals surface area contributed by atoms with Crippen molar-refractivity contribution in [2.45, 2.75) is 13.5 Å². The van der Waals surface area contributed by atoms with E-state index < -0.39 is 0 Å². The Morgan fingerprint density at radius 3 is 3.11 bits per heavy atom. The monoisotopic (exact) mass is 256 g/mol. The van der Waals surface area contributed by atoms with E-state index in [0.717, 1.165) is 22.6 Å². The van der Waals surface area contributed by atoms with Gasteiger partial charge >= 0.3 is 0 Å². The van der Waals surface area contributed by atoms with Gasteiger partial charge in [-0.2, -0.15) is 0 Å². The van der Waals surface area contributed by atoms with Crippen LogP contribution in [0.4, 0.5) is 5.82 Å².